The number of rotatable bonds is 7. The van der Waals surface area contributed by atoms with Crippen LogP contribution in [-0.4, -0.2) is 27.5 Å². The van der Waals surface area contributed by atoms with Gasteiger partial charge in [-0.25, -0.2) is 4.98 Å². The highest BCUT2D eigenvalue weighted by molar-refractivity contribution is 5.81. The van der Waals surface area contributed by atoms with Crippen molar-refractivity contribution < 1.29 is 4.79 Å². The Hall–Kier alpha value is -1.36. The molecular formula is C13H24N4O. The van der Waals surface area contributed by atoms with Crippen molar-refractivity contribution in [3.8, 4) is 0 Å². The van der Waals surface area contributed by atoms with Gasteiger partial charge in [0.2, 0.25) is 5.91 Å². The van der Waals surface area contributed by atoms with E-state index in [9.17, 15) is 4.79 Å². The zero-order valence-corrected chi connectivity index (χ0v) is 11.7. The van der Waals surface area contributed by atoms with E-state index in [1.165, 1.54) is 0 Å². The van der Waals surface area contributed by atoms with E-state index in [-0.39, 0.29) is 18.0 Å². The van der Waals surface area contributed by atoms with Crippen LogP contribution in [-0.2, 0) is 17.9 Å². The zero-order chi connectivity index (χ0) is 13.5. The van der Waals surface area contributed by atoms with Crippen LogP contribution >= 0.6 is 0 Å². The van der Waals surface area contributed by atoms with E-state index in [4.69, 9.17) is 0 Å². The maximum Gasteiger partial charge on any atom is 0.237 e. The molecule has 0 aromatic carbocycles. The highest BCUT2D eigenvalue weighted by Gasteiger charge is 2.13. The molecule has 0 saturated carbocycles. The first kappa shape index (κ1) is 14.7. The molecule has 1 unspecified atom stereocenters. The van der Waals surface area contributed by atoms with Gasteiger partial charge in [-0.05, 0) is 27.2 Å². The third-order valence-corrected chi connectivity index (χ3v) is 2.68. The van der Waals surface area contributed by atoms with Gasteiger partial charge in [-0.15, -0.1) is 0 Å². The van der Waals surface area contributed by atoms with Crippen molar-refractivity contribution in [2.75, 3.05) is 0 Å². The fourth-order valence-electron chi connectivity index (χ4n) is 1.70. The SMILES string of the molecule is CCCn1cncc1CNC(C)C(=O)NC(C)C. The lowest BCUT2D eigenvalue weighted by molar-refractivity contribution is -0.123. The average molecular weight is 252 g/mol. The number of hydrogen-bond donors (Lipinski definition) is 2. The first-order valence-electron chi connectivity index (χ1n) is 6.57. The summed E-state index contributed by atoms with van der Waals surface area (Å²) in [5, 5.41) is 6.10. The quantitative estimate of drug-likeness (QED) is 0.769. The molecule has 1 heterocycles. The molecule has 5 heteroatoms. The Kier molecular flexibility index (Phi) is 5.85. The molecule has 0 spiro atoms. The van der Waals surface area contributed by atoms with Gasteiger partial charge in [-0.1, -0.05) is 6.92 Å². The van der Waals surface area contributed by atoms with E-state index in [0.717, 1.165) is 18.7 Å². The summed E-state index contributed by atoms with van der Waals surface area (Å²) in [6.07, 6.45) is 4.75. The minimum atomic E-state index is -0.197. The van der Waals surface area contributed by atoms with E-state index in [1.54, 1.807) is 0 Å². The van der Waals surface area contributed by atoms with Crippen molar-refractivity contribution in [1.29, 1.82) is 0 Å². The lowest BCUT2D eigenvalue weighted by Crippen LogP contribution is -2.44. The number of amides is 1. The number of carbonyl (C=O) groups excluding carboxylic acids is 1. The summed E-state index contributed by atoms with van der Waals surface area (Å²) in [5.41, 5.74) is 1.11. The third kappa shape index (κ3) is 4.49. The lowest BCUT2D eigenvalue weighted by Gasteiger charge is -2.16. The molecule has 0 aliphatic heterocycles. The molecule has 0 bridgehead atoms. The lowest BCUT2D eigenvalue weighted by atomic mass is 10.2. The van der Waals surface area contributed by atoms with Crippen LogP contribution in [0, 0.1) is 0 Å². The fourth-order valence-corrected chi connectivity index (χ4v) is 1.70. The topological polar surface area (TPSA) is 59.0 Å². The molecule has 1 atom stereocenters. The Bertz CT molecular complexity index is 373. The van der Waals surface area contributed by atoms with Crippen LogP contribution in [0.5, 0.6) is 0 Å². The number of aryl methyl sites for hydroxylation is 1. The molecule has 102 valence electrons. The molecule has 0 aliphatic carbocycles. The van der Waals surface area contributed by atoms with E-state index >= 15 is 0 Å². The molecular weight excluding hydrogens is 228 g/mol. The van der Waals surface area contributed by atoms with Crippen LogP contribution in [0.2, 0.25) is 0 Å². The largest absolute Gasteiger partial charge is 0.353 e. The molecule has 2 N–H and O–H groups in total. The van der Waals surface area contributed by atoms with Gasteiger partial charge in [0, 0.05) is 25.3 Å². The second-order valence-electron chi connectivity index (χ2n) is 4.84. The van der Waals surface area contributed by atoms with Gasteiger partial charge < -0.3 is 15.2 Å². The molecule has 5 nitrogen and oxygen atoms in total. The van der Waals surface area contributed by atoms with Gasteiger partial charge in [-0.2, -0.15) is 0 Å². The summed E-state index contributed by atoms with van der Waals surface area (Å²) in [6.45, 7) is 9.55. The molecule has 0 radical (unpaired) electrons. The predicted octanol–water partition coefficient (Wildman–Crippen LogP) is 1.30. The Labute approximate surface area is 109 Å². The molecule has 1 aromatic rings. The highest BCUT2D eigenvalue weighted by atomic mass is 16.2. The monoisotopic (exact) mass is 252 g/mol. The van der Waals surface area contributed by atoms with Gasteiger partial charge in [0.25, 0.3) is 0 Å². The Balaban J connectivity index is 2.44. The summed E-state index contributed by atoms with van der Waals surface area (Å²) in [4.78, 5) is 15.9. The number of aromatic nitrogens is 2. The first-order valence-corrected chi connectivity index (χ1v) is 6.57. The normalized spacial score (nSPS) is 12.7. The van der Waals surface area contributed by atoms with E-state index in [1.807, 2.05) is 33.3 Å². The van der Waals surface area contributed by atoms with Gasteiger partial charge in [0.05, 0.1) is 18.1 Å². The first-order chi connectivity index (χ1) is 8.54. The van der Waals surface area contributed by atoms with Crippen molar-refractivity contribution in [3.05, 3.63) is 18.2 Å². The number of hydrogen-bond acceptors (Lipinski definition) is 3. The summed E-state index contributed by atoms with van der Waals surface area (Å²) in [6, 6.07) is -0.0234. The van der Waals surface area contributed by atoms with Crippen LogP contribution in [0.3, 0.4) is 0 Å². The molecule has 1 aromatic heterocycles. The molecule has 1 rings (SSSR count). The number of nitrogens with zero attached hydrogens (tertiary/aromatic N) is 2. The Morgan fingerprint density at radius 1 is 1.44 bits per heavy atom. The van der Waals surface area contributed by atoms with Gasteiger partial charge in [0.1, 0.15) is 0 Å². The number of imidazole rings is 1. The highest BCUT2D eigenvalue weighted by Crippen LogP contribution is 2.01. The number of nitrogens with one attached hydrogen (secondary N) is 2. The van der Waals surface area contributed by atoms with Crippen LogP contribution in [0.15, 0.2) is 12.5 Å². The van der Waals surface area contributed by atoms with Gasteiger partial charge in [-0.3, -0.25) is 4.79 Å². The standard InChI is InChI=1S/C13H24N4O/c1-5-6-17-9-14-7-12(17)8-15-11(4)13(18)16-10(2)3/h7,9-11,15H,5-6,8H2,1-4H3,(H,16,18). The molecule has 0 aliphatic rings. The minimum absolute atomic E-state index is 0.0338. The van der Waals surface area contributed by atoms with E-state index < -0.39 is 0 Å². The van der Waals surface area contributed by atoms with Crippen LogP contribution in [0.1, 0.15) is 39.8 Å². The van der Waals surface area contributed by atoms with Gasteiger partial charge in [0.15, 0.2) is 0 Å². The van der Waals surface area contributed by atoms with E-state index in [2.05, 4.69) is 27.1 Å². The Morgan fingerprint density at radius 2 is 2.17 bits per heavy atom. The summed E-state index contributed by atoms with van der Waals surface area (Å²) >= 11 is 0. The van der Waals surface area contributed by atoms with Gasteiger partial charge >= 0.3 is 0 Å². The van der Waals surface area contributed by atoms with Crippen LogP contribution in [0.4, 0.5) is 0 Å². The van der Waals surface area contributed by atoms with E-state index in [0.29, 0.717) is 6.54 Å². The Morgan fingerprint density at radius 3 is 2.78 bits per heavy atom. The second-order valence-corrected chi connectivity index (χ2v) is 4.84. The van der Waals surface area contributed by atoms with Crippen LogP contribution in [0.25, 0.3) is 0 Å². The average Bonchev–Trinajstić information content (AvgIpc) is 2.73. The van der Waals surface area contributed by atoms with Crippen molar-refractivity contribution in [3.63, 3.8) is 0 Å². The maximum atomic E-state index is 11.7. The molecule has 0 fully saturated rings. The predicted molar refractivity (Wildman–Crippen MR) is 72.1 cm³/mol. The zero-order valence-electron chi connectivity index (χ0n) is 11.7. The summed E-state index contributed by atoms with van der Waals surface area (Å²) in [5.74, 6) is 0.0338. The second kappa shape index (κ2) is 7.16. The van der Waals surface area contributed by atoms with Crippen molar-refractivity contribution in [2.45, 2.75) is 59.3 Å². The summed E-state index contributed by atoms with van der Waals surface area (Å²) in [7, 11) is 0. The third-order valence-electron chi connectivity index (χ3n) is 2.68. The molecule has 18 heavy (non-hydrogen) atoms. The fraction of sp³-hybridized carbons (Fsp3) is 0.692. The van der Waals surface area contributed by atoms with Crippen molar-refractivity contribution in [1.82, 2.24) is 20.2 Å². The summed E-state index contributed by atoms with van der Waals surface area (Å²) < 4.78 is 2.11. The number of carbonyl (C=O) groups is 1. The molecule has 1 amide bonds. The maximum absolute atomic E-state index is 11.7. The molecule has 0 saturated heterocycles. The van der Waals surface area contributed by atoms with Crippen molar-refractivity contribution in [2.24, 2.45) is 0 Å². The smallest absolute Gasteiger partial charge is 0.237 e. The minimum Gasteiger partial charge on any atom is -0.353 e. The van der Waals surface area contributed by atoms with Crippen LogP contribution < -0.4 is 10.6 Å². The van der Waals surface area contributed by atoms with Crippen molar-refractivity contribution >= 4 is 5.91 Å².